The number of hydrogen-bond acceptors (Lipinski definition) is 4. The molecule has 0 radical (unpaired) electrons. The lowest BCUT2D eigenvalue weighted by molar-refractivity contribution is -0.127. The van der Waals surface area contributed by atoms with Crippen LogP contribution < -0.4 is 15.4 Å². The molecule has 0 atom stereocenters. The summed E-state index contributed by atoms with van der Waals surface area (Å²) in [6.07, 6.45) is 1.12. The summed E-state index contributed by atoms with van der Waals surface area (Å²) < 4.78 is 5.80. The van der Waals surface area contributed by atoms with E-state index in [9.17, 15) is 9.59 Å². The number of carbonyl (C=O) groups excluding carboxylic acids is 2. The van der Waals surface area contributed by atoms with Crippen LogP contribution in [-0.4, -0.2) is 42.5 Å². The van der Waals surface area contributed by atoms with Crippen molar-refractivity contribution in [1.29, 1.82) is 0 Å². The van der Waals surface area contributed by atoms with Gasteiger partial charge >= 0.3 is 0 Å². The maximum absolute atomic E-state index is 12.6. The molecule has 0 aromatic heterocycles. The molecule has 3 aromatic carbocycles. The van der Waals surface area contributed by atoms with Gasteiger partial charge in [-0.25, -0.2) is 0 Å². The van der Waals surface area contributed by atoms with Gasteiger partial charge in [-0.2, -0.15) is 0 Å². The Morgan fingerprint density at radius 1 is 0.909 bits per heavy atom. The van der Waals surface area contributed by atoms with Crippen LogP contribution in [0, 0.1) is 0 Å². The molecule has 7 heteroatoms. The normalized spacial score (nSPS) is 10.2. The minimum absolute atomic E-state index is 0.0322. The summed E-state index contributed by atoms with van der Waals surface area (Å²) >= 11 is 5.27. The van der Waals surface area contributed by atoms with E-state index in [4.69, 9.17) is 17.0 Å². The fourth-order valence-corrected chi connectivity index (χ4v) is 3.25. The van der Waals surface area contributed by atoms with E-state index in [1.807, 2.05) is 48.5 Å². The average molecular weight is 462 g/mol. The maximum Gasteiger partial charge on any atom is 0.257 e. The van der Waals surface area contributed by atoms with E-state index in [0.29, 0.717) is 24.3 Å². The Morgan fingerprint density at radius 3 is 2.33 bits per heavy atom. The first-order valence-electron chi connectivity index (χ1n) is 10.6. The van der Waals surface area contributed by atoms with Crippen molar-refractivity contribution in [3.05, 3.63) is 95.6 Å². The van der Waals surface area contributed by atoms with Crippen LogP contribution >= 0.6 is 12.2 Å². The molecule has 0 saturated carbocycles. The van der Waals surface area contributed by atoms with Crippen molar-refractivity contribution in [3.8, 4) is 5.75 Å². The Kier molecular flexibility index (Phi) is 8.55. The summed E-state index contributed by atoms with van der Waals surface area (Å²) in [4.78, 5) is 26.0. The van der Waals surface area contributed by atoms with Gasteiger partial charge in [-0.1, -0.05) is 48.5 Å². The van der Waals surface area contributed by atoms with Crippen LogP contribution in [-0.2, 0) is 17.6 Å². The minimum Gasteiger partial charge on any atom is -0.493 e. The third kappa shape index (κ3) is 7.73. The molecule has 2 N–H and O–H groups in total. The molecule has 6 nitrogen and oxygen atoms in total. The Balaban J connectivity index is 1.49. The molecule has 0 bridgehead atoms. The second kappa shape index (κ2) is 11.8. The molecule has 2 amide bonds. The zero-order valence-corrected chi connectivity index (χ0v) is 19.5. The first kappa shape index (κ1) is 23.9. The standard InChI is InChI=1S/C26H27N3O3S/c1-29(2)24(30)17-20-11-13-22(14-12-20)27-26(33)28-25(31)21-9-6-10-23(18-21)32-16-15-19-7-4-3-5-8-19/h3-14,18H,15-17H2,1-2H3,(H2,27,28,31,33). The number of amides is 2. The Labute approximate surface area is 199 Å². The predicted octanol–water partition coefficient (Wildman–Crippen LogP) is 4.07. The number of nitrogens with one attached hydrogen (secondary N) is 2. The van der Waals surface area contributed by atoms with E-state index in [0.717, 1.165) is 17.7 Å². The molecule has 0 aliphatic heterocycles. The third-order valence-corrected chi connectivity index (χ3v) is 5.10. The van der Waals surface area contributed by atoms with Gasteiger partial charge in [0.15, 0.2) is 5.11 Å². The number of benzene rings is 3. The van der Waals surface area contributed by atoms with Crippen molar-refractivity contribution in [3.63, 3.8) is 0 Å². The van der Waals surface area contributed by atoms with E-state index in [-0.39, 0.29) is 16.9 Å². The van der Waals surface area contributed by atoms with Crippen LogP contribution in [0.4, 0.5) is 5.69 Å². The number of likely N-dealkylation sites (N-methyl/N-ethyl adjacent to an activating group) is 1. The van der Waals surface area contributed by atoms with Crippen molar-refractivity contribution in [1.82, 2.24) is 10.2 Å². The predicted molar refractivity (Wildman–Crippen MR) is 135 cm³/mol. The van der Waals surface area contributed by atoms with Gasteiger partial charge in [-0.05, 0) is 53.7 Å². The van der Waals surface area contributed by atoms with Crippen LogP contribution in [0.25, 0.3) is 0 Å². The first-order valence-corrected chi connectivity index (χ1v) is 11.0. The molecule has 3 rings (SSSR count). The van der Waals surface area contributed by atoms with Gasteiger partial charge in [-0.15, -0.1) is 0 Å². The van der Waals surface area contributed by atoms with E-state index >= 15 is 0 Å². The van der Waals surface area contributed by atoms with E-state index < -0.39 is 0 Å². The number of ether oxygens (including phenoxy) is 1. The van der Waals surface area contributed by atoms with Gasteiger partial charge in [-0.3, -0.25) is 14.9 Å². The second-order valence-electron chi connectivity index (χ2n) is 7.68. The fourth-order valence-electron chi connectivity index (χ4n) is 3.03. The van der Waals surface area contributed by atoms with Gasteiger partial charge in [0.1, 0.15) is 5.75 Å². The lowest BCUT2D eigenvalue weighted by atomic mass is 10.1. The van der Waals surface area contributed by atoms with Crippen molar-refractivity contribution >= 4 is 34.8 Å². The molecule has 33 heavy (non-hydrogen) atoms. The SMILES string of the molecule is CN(C)C(=O)Cc1ccc(NC(=S)NC(=O)c2cccc(OCCc3ccccc3)c2)cc1. The smallest absolute Gasteiger partial charge is 0.257 e. The van der Waals surface area contributed by atoms with Gasteiger partial charge in [0.2, 0.25) is 5.91 Å². The largest absolute Gasteiger partial charge is 0.493 e. The summed E-state index contributed by atoms with van der Waals surface area (Å²) in [5.74, 6) is 0.333. The van der Waals surface area contributed by atoms with Gasteiger partial charge in [0.25, 0.3) is 5.91 Å². The van der Waals surface area contributed by atoms with Gasteiger partial charge < -0.3 is 15.0 Å². The van der Waals surface area contributed by atoms with Crippen LogP contribution in [0.2, 0.25) is 0 Å². The number of anilines is 1. The number of hydrogen-bond donors (Lipinski definition) is 2. The number of carbonyl (C=O) groups is 2. The Hall–Kier alpha value is -3.71. The summed E-state index contributed by atoms with van der Waals surface area (Å²) in [5.41, 5.74) is 3.27. The van der Waals surface area contributed by atoms with E-state index in [1.54, 1.807) is 37.2 Å². The van der Waals surface area contributed by atoms with Crippen LogP contribution in [0.3, 0.4) is 0 Å². The lowest BCUT2D eigenvalue weighted by Crippen LogP contribution is -2.34. The average Bonchev–Trinajstić information content (AvgIpc) is 2.81. The van der Waals surface area contributed by atoms with Crippen molar-refractivity contribution < 1.29 is 14.3 Å². The molecule has 0 spiro atoms. The fraction of sp³-hybridized carbons (Fsp3) is 0.192. The molecule has 0 unspecified atom stereocenters. The van der Waals surface area contributed by atoms with E-state index in [1.165, 1.54) is 5.56 Å². The summed E-state index contributed by atoms with van der Waals surface area (Å²) in [6, 6.07) is 24.4. The van der Waals surface area contributed by atoms with Crippen LogP contribution in [0.15, 0.2) is 78.9 Å². The summed E-state index contributed by atoms with van der Waals surface area (Å²) in [5, 5.41) is 5.85. The highest BCUT2D eigenvalue weighted by molar-refractivity contribution is 7.80. The number of nitrogens with zero attached hydrogens (tertiary/aromatic N) is 1. The number of rotatable bonds is 8. The molecular formula is C26H27N3O3S. The second-order valence-corrected chi connectivity index (χ2v) is 8.09. The Bertz CT molecular complexity index is 1100. The van der Waals surface area contributed by atoms with Gasteiger partial charge in [0.05, 0.1) is 13.0 Å². The third-order valence-electron chi connectivity index (χ3n) is 4.89. The monoisotopic (exact) mass is 461 g/mol. The Morgan fingerprint density at radius 2 is 1.64 bits per heavy atom. The van der Waals surface area contributed by atoms with Crippen molar-refractivity contribution in [2.45, 2.75) is 12.8 Å². The molecule has 0 aliphatic rings. The topological polar surface area (TPSA) is 70.7 Å². The summed E-state index contributed by atoms with van der Waals surface area (Å²) in [7, 11) is 3.46. The van der Waals surface area contributed by atoms with Crippen LogP contribution in [0.5, 0.6) is 5.75 Å². The molecule has 3 aromatic rings. The zero-order valence-electron chi connectivity index (χ0n) is 18.7. The first-order chi connectivity index (χ1) is 15.9. The van der Waals surface area contributed by atoms with E-state index in [2.05, 4.69) is 22.8 Å². The molecule has 170 valence electrons. The molecule has 0 fully saturated rings. The maximum atomic E-state index is 12.6. The molecule has 0 aliphatic carbocycles. The number of thiocarbonyl (C=S) groups is 1. The molecular weight excluding hydrogens is 434 g/mol. The molecule has 0 saturated heterocycles. The quantitative estimate of drug-likeness (QED) is 0.495. The lowest BCUT2D eigenvalue weighted by Gasteiger charge is -2.12. The highest BCUT2D eigenvalue weighted by atomic mass is 32.1. The highest BCUT2D eigenvalue weighted by Gasteiger charge is 2.10. The van der Waals surface area contributed by atoms with Gasteiger partial charge in [0, 0.05) is 31.8 Å². The zero-order chi connectivity index (χ0) is 23.6. The summed E-state index contributed by atoms with van der Waals surface area (Å²) in [6.45, 7) is 0.519. The van der Waals surface area contributed by atoms with Crippen LogP contribution in [0.1, 0.15) is 21.5 Å². The van der Waals surface area contributed by atoms with Crippen molar-refractivity contribution in [2.75, 3.05) is 26.0 Å². The molecule has 0 heterocycles. The minimum atomic E-state index is -0.325. The highest BCUT2D eigenvalue weighted by Crippen LogP contribution is 2.15. The van der Waals surface area contributed by atoms with Crippen molar-refractivity contribution in [2.24, 2.45) is 0 Å².